The van der Waals surface area contributed by atoms with Crippen molar-refractivity contribution in [3.63, 3.8) is 0 Å². The lowest BCUT2D eigenvalue weighted by atomic mass is 11.1. The summed E-state index contributed by atoms with van der Waals surface area (Å²) in [5, 5.41) is 4.50. The molecule has 0 aliphatic rings. The molecule has 13 heavy (non-hydrogen) atoms. The lowest BCUT2D eigenvalue weighted by molar-refractivity contribution is -0.443. The van der Waals surface area contributed by atoms with Crippen LogP contribution >= 0.6 is 11.5 Å². The minimum atomic E-state index is -6.09. The highest BCUT2D eigenvalue weighted by atomic mass is 32.2. The van der Waals surface area contributed by atoms with Crippen molar-refractivity contribution in [3.8, 4) is 0 Å². The summed E-state index contributed by atoms with van der Waals surface area (Å²) in [6, 6.07) is 0. The van der Waals surface area contributed by atoms with Gasteiger partial charge in [-0.2, -0.15) is 13.2 Å². The number of rotatable bonds is 0. The summed E-state index contributed by atoms with van der Waals surface area (Å²) in [6.45, 7) is 0. The van der Waals surface area contributed by atoms with Crippen molar-refractivity contribution in [3.05, 3.63) is 11.6 Å². The molecule has 1 aromatic heterocycles. The number of halogens is 3. The molecule has 0 saturated heterocycles. The summed E-state index contributed by atoms with van der Waals surface area (Å²) in [6.07, 6.45) is 1.78. The molecular formula is C3H3F3N2O3S2. The fourth-order valence-electron chi connectivity index (χ4n) is 0.152. The molecule has 1 N–H and O–H groups in total. The summed E-state index contributed by atoms with van der Waals surface area (Å²) in [5.41, 5.74) is -5.65. The zero-order valence-electron chi connectivity index (χ0n) is 5.78. The second-order valence-electron chi connectivity index (χ2n) is 1.53. The Kier molecular flexibility index (Phi) is 4.23. The second-order valence-corrected chi connectivity index (χ2v) is 3.57. The number of nitrogens with one attached hydrogen (secondary N) is 1. The fourth-order valence-corrected chi connectivity index (χ4v) is 0.456. The number of H-pyrrole nitrogens is 1. The van der Waals surface area contributed by atoms with Gasteiger partial charge in [-0.1, -0.05) is 5.10 Å². The van der Waals surface area contributed by atoms with Crippen LogP contribution in [0, 0.1) is 0 Å². The minimum absolute atomic E-state index is 1.41. The molecule has 76 valence electrons. The molecule has 0 aromatic carbocycles. The van der Waals surface area contributed by atoms with Crippen molar-refractivity contribution in [1.82, 2.24) is 4.49 Å². The Bertz CT molecular complexity index is 301. The number of alkyl halides is 3. The van der Waals surface area contributed by atoms with Gasteiger partial charge in [0.15, 0.2) is 10.1 Å². The van der Waals surface area contributed by atoms with E-state index in [-0.39, 0.29) is 0 Å². The van der Waals surface area contributed by atoms with E-state index in [1.54, 1.807) is 6.20 Å². The standard InChI is InChI=1S/C2H2N2S.CHF3O3S/c1-2-5-4-3-1;2-1(3,4)8(5,6)7/h1-2H;(H,5,6,7). The molecule has 0 aliphatic heterocycles. The number of hydrogen-bond acceptors (Lipinski definition) is 5. The molecule has 0 bridgehead atoms. The van der Waals surface area contributed by atoms with Crippen LogP contribution in [0.25, 0.3) is 0 Å². The van der Waals surface area contributed by atoms with E-state index in [2.05, 4.69) is 9.59 Å². The van der Waals surface area contributed by atoms with Gasteiger partial charge in [0.1, 0.15) is 0 Å². The molecule has 0 aliphatic carbocycles. The van der Waals surface area contributed by atoms with E-state index in [1.807, 2.05) is 5.38 Å². The predicted molar refractivity (Wildman–Crippen MR) is 34.4 cm³/mol. The predicted octanol–water partition coefficient (Wildman–Crippen LogP) is 0.00860. The molecule has 1 rings (SSSR count). The number of hydrogen-bond donors (Lipinski definition) is 0. The van der Waals surface area contributed by atoms with Crippen LogP contribution in [0.4, 0.5) is 13.2 Å². The molecule has 0 spiro atoms. The molecule has 0 saturated carbocycles. The lowest BCUT2D eigenvalue weighted by Crippen LogP contribution is -2.21. The average molecular weight is 236 g/mol. The van der Waals surface area contributed by atoms with E-state index in [1.165, 1.54) is 11.5 Å². The first-order chi connectivity index (χ1) is 5.75. The molecule has 1 aromatic rings. The van der Waals surface area contributed by atoms with E-state index in [0.29, 0.717) is 0 Å². The summed E-state index contributed by atoms with van der Waals surface area (Å²) in [7, 11) is -6.09. The SMILES string of the molecule is O=S(=O)([O-])C(F)(F)F.c1csn[nH+]1. The first-order valence-corrected chi connectivity index (χ1v) is 4.78. The first kappa shape index (κ1) is 12.3. The third-order valence-corrected chi connectivity index (χ3v) is 1.63. The maximum absolute atomic E-state index is 10.7. The quantitative estimate of drug-likeness (QED) is 0.469. The molecule has 0 fully saturated rings. The van der Waals surface area contributed by atoms with Crippen LogP contribution in [0.5, 0.6) is 0 Å². The van der Waals surface area contributed by atoms with Crippen LogP contribution in [0.15, 0.2) is 11.6 Å². The Labute approximate surface area is 75.1 Å². The Morgan fingerprint density at radius 1 is 1.46 bits per heavy atom. The monoisotopic (exact) mass is 236 g/mol. The van der Waals surface area contributed by atoms with Crippen molar-refractivity contribution in [1.29, 1.82) is 0 Å². The molecule has 0 amide bonds. The fraction of sp³-hybridized carbons (Fsp3) is 0.333. The highest BCUT2D eigenvalue weighted by Crippen LogP contribution is 2.20. The maximum Gasteiger partial charge on any atom is 0.485 e. The zero-order chi connectivity index (χ0) is 10.5. The van der Waals surface area contributed by atoms with Crippen LogP contribution in [0.2, 0.25) is 0 Å². The van der Waals surface area contributed by atoms with Gasteiger partial charge in [0.2, 0.25) is 6.20 Å². The summed E-state index contributed by atoms with van der Waals surface area (Å²) >= 11 is 1.41. The van der Waals surface area contributed by atoms with Gasteiger partial charge in [-0.15, -0.1) is 0 Å². The van der Waals surface area contributed by atoms with Gasteiger partial charge in [0, 0.05) is 11.5 Å². The van der Waals surface area contributed by atoms with Crippen molar-refractivity contribution in [2.24, 2.45) is 0 Å². The van der Waals surface area contributed by atoms with Gasteiger partial charge in [-0.25, -0.2) is 8.42 Å². The van der Waals surface area contributed by atoms with Crippen LogP contribution in [-0.2, 0) is 10.1 Å². The van der Waals surface area contributed by atoms with Crippen LogP contribution < -0.4 is 5.10 Å². The van der Waals surface area contributed by atoms with Crippen LogP contribution in [0.3, 0.4) is 0 Å². The van der Waals surface area contributed by atoms with Crippen molar-refractivity contribution >= 4 is 21.7 Å². The number of aromatic nitrogens is 2. The number of aromatic amines is 1. The van der Waals surface area contributed by atoms with E-state index in [9.17, 15) is 13.2 Å². The number of nitrogens with zero attached hydrogens (tertiary/aromatic N) is 1. The molecule has 0 atom stereocenters. The highest BCUT2D eigenvalue weighted by molar-refractivity contribution is 7.86. The Morgan fingerprint density at radius 2 is 1.92 bits per heavy atom. The van der Waals surface area contributed by atoms with E-state index in [0.717, 1.165) is 0 Å². The van der Waals surface area contributed by atoms with E-state index < -0.39 is 15.6 Å². The van der Waals surface area contributed by atoms with Crippen molar-refractivity contribution < 1.29 is 31.2 Å². The lowest BCUT2D eigenvalue weighted by Gasteiger charge is -2.08. The second kappa shape index (κ2) is 4.48. The van der Waals surface area contributed by atoms with Crippen LogP contribution in [-0.4, -0.2) is 23.0 Å². The van der Waals surface area contributed by atoms with Crippen LogP contribution in [0.1, 0.15) is 0 Å². The average Bonchev–Trinajstić information content (AvgIpc) is 2.35. The first-order valence-electron chi connectivity index (χ1n) is 2.53. The third-order valence-electron chi connectivity index (χ3n) is 0.592. The van der Waals surface area contributed by atoms with Gasteiger partial charge >= 0.3 is 5.51 Å². The molecule has 0 radical (unpaired) electrons. The van der Waals surface area contributed by atoms with Gasteiger partial charge in [-0.3, -0.25) is 0 Å². The van der Waals surface area contributed by atoms with Crippen molar-refractivity contribution in [2.45, 2.75) is 5.51 Å². The third kappa shape index (κ3) is 5.49. The summed E-state index contributed by atoms with van der Waals surface area (Å²) in [5.74, 6) is 0. The van der Waals surface area contributed by atoms with E-state index in [4.69, 9.17) is 13.0 Å². The zero-order valence-corrected chi connectivity index (χ0v) is 7.41. The maximum atomic E-state index is 10.7. The van der Waals surface area contributed by atoms with Gasteiger partial charge in [-0.05, 0) is 0 Å². The summed E-state index contributed by atoms with van der Waals surface area (Å²) < 4.78 is 62.5. The Balaban J connectivity index is 0.000000243. The van der Waals surface area contributed by atoms with E-state index >= 15 is 0 Å². The molecule has 5 nitrogen and oxygen atoms in total. The topological polar surface area (TPSA) is 84.2 Å². The molecule has 1 heterocycles. The van der Waals surface area contributed by atoms with Gasteiger partial charge < -0.3 is 4.55 Å². The minimum Gasteiger partial charge on any atom is -0.741 e. The smallest absolute Gasteiger partial charge is 0.485 e. The van der Waals surface area contributed by atoms with Gasteiger partial charge in [0.25, 0.3) is 0 Å². The Hall–Kier alpha value is -0.740. The molecular weight excluding hydrogens is 233 g/mol. The highest BCUT2D eigenvalue weighted by Gasteiger charge is 2.36. The van der Waals surface area contributed by atoms with Gasteiger partial charge in [0.05, 0.1) is 9.87 Å². The molecule has 0 unspecified atom stereocenters. The normalized spacial score (nSPS) is 11.7. The summed E-state index contributed by atoms with van der Waals surface area (Å²) in [4.78, 5) is 0. The van der Waals surface area contributed by atoms with Crippen molar-refractivity contribution in [2.75, 3.05) is 0 Å². The molecule has 10 heteroatoms. The Morgan fingerprint density at radius 3 is 2.00 bits per heavy atom. The largest absolute Gasteiger partial charge is 0.741 e.